The molecule has 1 aliphatic heterocycles. The molecule has 3 aliphatic rings. The smallest absolute Gasteiger partial charge is 0.311 e. The van der Waals surface area contributed by atoms with Crippen LogP contribution in [0.4, 0.5) is 0 Å². The number of hydrogen-bond donors (Lipinski definition) is 0. The minimum atomic E-state index is -0.0328. The second-order valence-electron chi connectivity index (χ2n) is 5.60. The van der Waals surface area contributed by atoms with Gasteiger partial charge in [-0.15, -0.1) is 0 Å². The van der Waals surface area contributed by atoms with Crippen molar-refractivity contribution in [2.75, 3.05) is 13.7 Å². The predicted octanol–water partition coefficient (Wildman–Crippen LogP) is 2.00. The summed E-state index contributed by atoms with van der Waals surface area (Å²) >= 11 is 0. The van der Waals surface area contributed by atoms with Crippen LogP contribution in [0.15, 0.2) is 0 Å². The highest BCUT2D eigenvalue weighted by Crippen LogP contribution is 2.51. The van der Waals surface area contributed by atoms with Gasteiger partial charge in [-0.3, -0.25) is 4.79 Å². The summed E-state index contributed by atoms with van der Waals surface area (Å²) in [4.78, 5) is 11.6. The van der Waals surface area contributed by atoms with E-state index in [1.54, 1.807) is 7.11 Å². The fourth-order valence-electron chi connectivity index (χ4n) is 4.14. The monoisotopic (exact) mass is 224 g/mol. The number of carbonyl (C=O) groups excluding carboxylic acids is 1. The second kappa shape index (κ2) is 4.02. The maximum atomic E-state index is 11.6. The molecule has 2 aliphatic carbocycles. The lowest BCUT2D eigenvalue weighted by molar-refractivity contribution is -0.146. The molecule has 2 bridgehead atoms. The lowest BCUT2D eigenvalue weighted by atomic mass is 9.79. The van der Waals surface area contributed by atoms with Crippen LogP contribution in [0.1, 0.15) is 32.1 Å². The first-order chi connectivity index (χ1) is 7.79. The fraction of sp³-hybridized carbons (Fsp3) is 0.923. The maximum absolute atomic E-state index is 11.6. The number of hydrogen-bond acceptors (Lipinski definition) is 3. The average Bonchev–Trinajstić information content (AvgIpc) is 2.97. The van der Waals surface area contributed by atoms with Crippen LogP contribution in [-0.2, 0) is 14.3 Å². The molecule has 5 unspecified atom stereocenters. The highest BCUT2D eigenvalue weighted by atomic mass is 16.5. The SMILES string of the molecule is COC(C1CCOC1=O)C1CC2CCC1C2. The number of cyclic esters (lactones) is 1. The summed E-state index contributed by atoms with van der Waals surface area (Å²) in [5.74, 6) is 2.30. The lowest BCUT2D eigenvalue weighted by Gasteiger charge is -2.31. The molecule has 0 aromatic rings. The highest BCUT2D eigenvalue weighted by molar-refractivity contribution is 5.74. The Kier molecular flexibility index (Phi) is 2.66. The van der Waals surface area contributed by atoms with Gasteiger partial charge in [0.1, 0.15) is 0 Å². The Morgan fingerprint density at radius 1 is 1.31 bits per heavy atom. The first-order valence-corrected chi connectivity index (χ1v) is 6.49. The third-order valence-corrected chi connectivity index (χ3v) is 4.86. The summed E-state index contributed by atoms with van der Waals surface area (Å²) in [6.45, 7) is 0.587. The van der Waals surface area contributed by atoms with Crippen molar-refractivity contribution in [1.29, 1.82) is 0 Å². The first-order valence-electron chi connectivity index (χ1n) is 6.49. The molecular weight excluding hydrogens is 204 g/mol. The van der Waals surface area contributed by atoms with Crippen LogP contribution in [0.2, 0.25) is 0 Å². The van der Waals surface area contributed by atoms with Gasteiger partial charge in [0.2, 0.25) is 0 Å². The molecule has 90 valence electrons. The van der Waals surface area contributed by atoms with E-state index in [1.807, 2.05) is 0 Å². The molecule has 2 saturated carbocycles. The topological polar surface area (TPSA) is 35.5 Å². The Morgan fingerprint density at radius 3 is 2.69 bits per heavy atom. The molecule has 0 aromatic heterocycles. The highest BCUT2D eigenvalue weighted by Gasteiger charge is 2.48. The zero-order valence-electron chi connectivity index (χ0n) is 9.85. The van der Waals surface area contributed by atoms with E-state index in [9.17, 15) is 4.79 Å². The number of esters is 1. The quantitative estimate of drug-likeness (QED) is 0.688. The van der Waals surface area contributed by atoms with Crippen LogP contribution < -0.4 is 0 Å². The Labute approximate surface area is 96.5 Å². The lowest BCUT2D eigenvalue weighted by Crippen LogP contribution is -2.36. The second-order valence-corrected chi connectivity index (χ2v) is 5.60. The third kappa shape index (κ3) is 1.56. The molecule has 1 saturated heterocycles. The molecule has 0 amide bonds. The molecule has 3 rings (SSSR count). The number of carbonyl (C=O) groups is 1. The van der Waals surface area contributed by atoms with Gasteiger partial charge < -0.3 is 9.47 Å². The van der Waals surface area contributed by atoms with E-state index in [0.29, 0.717) is 12.5 Å². The van der Waals surface area contributed by atoms with Gasteiger partial charge in [-0.2, -0.15) is 0 Å². The molecular formula is C13H20O3. The minimum absolute atomic E-state index is 0.00866. The standard InChI is InChI=1S/C13H20O3/c1-15-12(10-4-5-16-13(10)14)11-7-8-2-3-9(11)6-8/h8-12H,2-7H2,1H3. The maximum Gasteiger partial charge on any atom is 0.311 e. The van der Waals surface area contributed by atoms with Crippen molar-refractivity contribution in [1.82, 2.24) is 0 Å². The Morgan fingerprint density at radius 2 is 2.19 bits per heavy atom. The van der Waals surface area contributed by atoms with Crippen molar-refractivity contribution in [2.45, 2.75) is 38.2 Å². The predicted molar refractivity (Wildman–Crippen MR) is 58.8 cm³/mol. The van der Waals surface area contributed by atoms with Crippen molar-refractivity contribution in [3.63, 3.8) is 0 Å². The number of ether oxygens (including phenoxy) is 2. The first kappa shape index (κ1) is 10.6. The third-order valence-electron chi connectivity index (χ3n) is 4.86. The molecule has 3 fully saturated rings. The molecule has 0 radical (unpaired) electrons. The van der Waals surface area contributed by atoms with Crippen molar-refractivity contribution < 1.29 is 14.3 Å². The molecule has 3 nitrogen and oxygen atoms in total. The average molecular weight is 224 g/mol. The normalized spacial score (nSPS) is 43.7. The number of fused-ring (bicyclic) bond motifs is 2. The fourth-order valence-corrected chi connectivity index (χ4v) is 4.14. The summed E-state index contributed by atoms with van der Waals surface area (Å²) in [5, 5.41) is 0. The van der Waals surface area contributed by atoms with Crippen LogP contribution in [0, 0.1) is 23.7 Å². The van der Waals surface area contributed by atoms with Gasteiger partial charge in [0.25, 0.3) is 0 Å². The molecule has 0 N–H and O–H groups in total. The van der Waals surface area contributed by atoms with Crippen molar-refractivity contribution in [3.05, 3.63) is 0 Å². The van der Waals surface area contributed by atoms with Gasteiger partial charge in [-0.25, -0.2) is 0 Å². The van der Waals surface area contributed by atoms with Gasteiger partial charge in [0.05, 0.1) is 18.6 Å². The van der Waals surface area contributed by atoms with Crippen LogP contribution in [0.3, 0.4) is 0 Å². The zero-order chi connectivity index (χ0) is 11.1. The van der Waals surface area contributed by atoms with Crippen LogP contribution in [0.25, 0.3) is 0 Å². The van der Waals surface area contributed by atoms with Crippen molar-refractivity contribution >= 4 is 5.97 Å². The van der Waals surface area contributed by atoms with E-state index in [0.717, 1.165) is 18.3 Å². The minimum Gasteiger partial charge on any atom is -0.465 e. The van der Waals surface area contributed by atoms with Crippen molar-refractivity contribution in [2.24, 2.45) is 23.7 Å². The summed E-state index contributed by atoms with van der Waals surface area (Å²) in [7, 11) is 1.75. The Hall–Kier alpha value is -0.570. The molecule has 0 spiro atoms. The van der Waals surface area contributed by atoms with Crippen LogP contribution in [0.5, 0.6) is 0 Å². The van der Waals surface area contributed by atoms with E-state index in [-0.39, 0.29) is 18.0 Å². The van der Waals surface area contributed by atoms with Crippen LogP contribution in [-0.4, -0.2) is 25.8 Å². The number of rotatable bonds is 3. The summed E-state index contributed by atoms with van der Waals surface area (Å²) in [6, 6.07) is 0. The van der Waals surface area contributed by atoms with Gasteiger partial charge in [-0.1, -0.05) is 6.42 Å². The van der Waals surface area contributed by atoms with E-state index in [4.69, 9.17) is 9.47 Å². The molecule has 3 heteroatoms. The van der Waals surface area contributed by atoms with Gasteiger partial charge in [-0.05, 0) is 43.4 Å². The van der Waals surface area contributed by atoms with Gasteiger partial charge in [0.15, 0.2) is 0 Å². The van der Waals surface area contributed by atoms with Crippen LogP contribution >= 0.6 is 0 Å². The van der Waals surface area contributed by atoms with Gasteiger partial charge in [0, 0.05) is 7.11 Å². The molecule has 16 heavy (non-hydrogen) atoms. The molecule has 5 atom stereocenters. The van der Waals surface area contributed by atoms with E-state index in [1.165, 1.54) is 25.7 Å². The molecule has 1 heterocycles. The zero-order valence-corrected chi connectivity index (χ0v) is 9.85. The largest absolute Gasteiger partial charge is 0.465 e. The summed E-state index contributed by atoms with van der Waals surface area (Å²) in [5.41, 5.74) is 0. The van der Waals surface area contributed by atoms with E-state index >= 15 is 0 Å². The van der Waals surface area contributed by atoms with Crippen molar-refractivity contribution in [3.8, 4) is 0 Å². The summed E-state index contributed by atoms with van der Waals surface area (Å²) in [6.07, 6.45) is 6.35. The molecule has 0 aromatic carbocycles. The summed E-state index contributed by atoms with van der Waals surface area (Å²) < 4.78 is 10.7. The van der Waals surface area contributed by atoms with E-state index < -0.39 is 0 Å². The van der Waals surface area contributed by atoms with E-state index in [2.05, 4.69) is 0 Å². The Balaban J connectivity index is 1.73. The van der Waals surface area contributed by atoms with Gasteiger partial charge >= 0.3 is 5.97 Å². The Bertz CT molecular complexity index is 289. The number of methoxy groups -OCH3 is 1.